The molecular weight excluding hydrogens is 320 g/mol. The number of aryl methyl sites for hydroxylation is 2. The second kappa shape index (κ2) is 9.54. The molecule has 3 heteroatoms. The second-order valence-electron chi connectivity index (χ2n) is 7.52. The summed E-state index contributed by atoms with van der Waals surface area (Å²) in [5.41, 5.74) is 8.64. The number of hydrogen-bond acceptors (Lipinski definition) is 2. The molecule has 0 saturated heterocycles. The van der Waals surface area contributed by atoms with E-state index in [9.17, 15) is 4.79 Å². The van der Waals surface area contributed by atoms with Gasteiger partial charge in [-0.3, -0.25) is 4.79 Å². The third-order valence-corrected chi connectivity index (χ3v) is 5.44. The quantitative estimate of drug-likeness (QED) is 0.759. The number of carbonyl (C=O) groups excluding carboxylic acids is 1. The Morgan fingerprint density at radius 3 is 1.92 bits per heavy atom. The van der Waals surface area contributed by atoms with E-state index in [0.29, 0.717) is 0 Å². The number of hydrogen-bond donors (Lipinski definition) is 2. The van der Waals surface area contributed by atoms with Gasteiger partial charge in [0.1, 0.15) is 0 Å². The Morgan fingerprint density at radius 2 is 1.46 bits per heavy atom. The molecule has 2 unspecified atom stereocenters. The van der Waals surface area contributed by atoms with Gasteiger partial charge in [0, 0.05) is 18.0 Å². The summed E-state index contributed by atoms with van der Waals surface area (Å²) < 4.78 is 0. The number of nitrogens with two attached hydrogens (primary N) is 1. The van der Waals surface area contributed by atoms with Gasteiger partial charge >= 0.3 is 0 Å². The maximum atomic E-state index is 12.7. The first kappa shape index (κ1) is 18.7. The third-order valence-electron chi connectivity index (χ3n) is 5.44. The van der Waals surface area contributed by atoms with Crippen molar-refractivity contribution >= 4 is 5.91 Å². The summed E-state index contributed by atoms with van der Waals surface area (Å²) in [6.45, 7) is 0. The fourth-order valence-electron chi connectivity index (χ4n) is 3.83. The largest absolute Gasteiger partial charge is 0.353 e. The van der Waals surface area contributed by atoms with E-state index in [1.165, 1.54) is 11.1 Å². The molecule has 0 aliphatic heterocycles. The molecule has 1 aliphatic rings. The minimum atomic E-state index is 0.0981. The van der Waals surface area contributed by atoms with Crippen molar-refractivity contribution in [2.75, 3.05) is 0 Å². The van der Waals surface area contributed by atoms with Gasteiger partial charge in [-0.15, -0.1) is 0 Å². The van der Waals surface area contributed by atoms with Gasteiger partial charge in [-0.1, -0.05) is 60.7 Å². The lowest BCUT2D eigenvalue weighted by Gasteiger charge is -2.21. The number of benzene rings is 2. The van der Waals surface area contributed by atoms with E-state index in [-0.39, 0.29) is 23.9 Å². The summed E-state index contributed by atoms with van der Waals surface area (Å²) in [6, 6.07) is 21.4. The highest BCUT2D eigenvalue weighted by atomic mass is 16.1. The van der Waals surface area contributed by atoms with Gasteiger partial charge in [-0.2, -0.15) is 0 Å². The molecule has 0 heterocycles. The molecule has 1 saturated carbocycles. The predicted octanol–water partition coefficient (Wildman–Crippen LogP) is 3.86. The van der Waals surface area contributed by atoms with Crippen LogP contribution in [-0.2, 0) is 17.6 Å². The lowest BCUT2D eigenvalue weighted by molar-refractivity contribution is -0.125. The normalized spacial score (nSPS) is 19.6. The Hall–Kier alpha value is -2.13. The van der Waals surface area contributed by atoms with Crippen LogP contribution in [0.3, 0.4) is 0 Å². The first-order chi connectivity index (χ1) is 12.7. The third kappa shape index (κ3) is 5.70. The van der Waals surface area contributed by atoms with Gasteiger partial charge in [-0.25, -0.2) is 0 Å². The van der Waals surface area contributed by atoms with Gasteiger partial charge in [0.15, 0.2) is 0 Å². The maximum absolute atomic E-state index is 12.7. The average molecular weight is 351 g/mol. The lowest BCUT2D eigenvalue weighted by atomic mass is 9.98. The summed E-state index contributed by atoms with van der Waals surface area (Å²) in [4.78, 5) is 12.7. The van der Waals surface area contributed by atoms with E-state index in [0.717, 1.165) is 44.9 Å². The van der Waals surface area contributed by atoms with Crippen molar-refractivity contribution in [3.63, 3.8) is 0 Å². The molecule has 3 rings (SSSR count). The number of rotatable bonds is 8. The zero-order valence-corrected chi connectivity index (χ0v) is 15.4. The summed E-state index contributed by atoms with van der Waals surface area (Å²) >= 11 is 0. The minimum absolute atomic E-state index is 0.0981. The monoisotopic (exact) mass is 350 g/mol. The number of amides is 1. The first-order valence-electron chi connectivity index (χ1n) is 9.84. The van der Waals surface area contributed by atoms with Crippen LogP contribution in [0.1, 0.15) is 43.2 Å². The Bertz CT molecular complexity index is 628. The average Bonchev–Trinajstić information content (AvgIpc) is 3.12. The van der Waals surface area contributed by atoms with Gasteiger partial charge in [0.25, 0.3) is 0 Å². The molecule has 138 valence electrons. The van der Waals surface area contributed by atoms with E-state index in [1.54, 1.807) is 0 Å². The van der Waals surface area contributed by atoms with Crippen molar-refractivity contribution in [2.24, 2.45) is 11.7 Å². The molecule has 26 heavy (non-hydrogen) atoms. The Balaban J connectivity index is 1.57. The highest BCUT2D eigenvalue weighted by Crippen LogP contribution is 2.24. The topological polar surface area (TPSA) is 55.1 Å². The number of nitrogens with one attached hydrogen (secondary N) is 1. The Labute approximate surface area is 157 Å². The summed E-state index contributed by atoms with van der Waals surface area (Å²) in [5.74, 6) is 0.296. The van der Waals surface area contributed by atoms with Crippen LogP contribution < -0.4 is 11.1 Å². The van der Waals surface area contributed by atoms with Gasteiger partial charge in [-0.05, 0) is 56.1 Å². The molecule has 0 aromatic heterocycles. The fourth-order valence-corrected chi connectivity index (χ4v) is 3.83. The molecule has 3 N–H and O–H groups in total. The van der Waals surface area contributed by atoms with Crippen LogP contribution in [0.4, 0.5) is 0 Å². The highest BCUT2D eigenvalue weighted by molar-refractivity contribution is 5.79. The van der Waals surface area contributed by atoms with E-state index in [2.05, 4.69) is 53.8 Å². The zero-order chi connectivity index (χ0) is 18.2. The first-order valence-corrected chi connectivity index (χ1v) is 9.84. The van der Waals surface area contributed by atoms with Crippen molar-refractivity contribution in [1.29, 1.82) is 0 Å². The van der Waals surface area contributed by atoms with Crippen molar-refractivity contribution in [2.45, 2.75) is 57.0 Å². The van der Waals surface area contributed by atoms with E-state index >= 15 is 0 Å². The van der Waals surface area contributed by atoms with Gasteiger partial charge < -0.3 is 11.1 Å². The van der Waals surface area contributed by atoms with E-state index in [1.807, 2.05) is 12.1 Å². The molecule has 2 atom stereocenters. The van der Waals surface area contributed by atoms with Crippen LogP contribution in [0, 0.1) is 5.92 Å². The van der Waals surface area contributed by atoms with Crippen molar-refractivity contribution < 1.29 is 4.79 Å². The van der Waals surface area contributed by atoms with Crippen LogP contribution in [0.15, 0.2) is 60.7 Å². The number of carbonyl (C=O) groups is 1. The zero-order valence-electron chi connectivity index (χ0n) is 15.4. The van der Waals surface area contributed by atoms with Crippen molar-refractivity contribution in [3.05, 3.63) is 71.8 Å². The summed E-state index contributed by atoms with van der Waals surface area (Å²) in [7, 11) is 0. The Kier molecular flexibility index (Phi) is 6.84. The molecule has 1 fully saturated rings. The Morgan fingerprint density at radius 1 is 0.923 bits per heavy atom. The van der Waals surface area contributed by atoms with Crippen molar-refractivity contribution in [1.82, 2.24) is 5.32 Å². The van der Waals surface area contributed by atoms with E-state index < -0.39 is 0 Å². The molecule has 0 bridgehead atoms. The molecule has 2 aromatic rings. The second-order valence-corrected chi connectivity index (χ2v) is 7.52. The van der Waals surface area contributed by atoms with Crippen LogP contribution in [0.25, 0.3) is 0 Å². The summed E-state index contributed by atoms with van der Waals surface area (Å²) in [6.07, 6.45) is 6.65. The maximum Gasteiger partial charge on any atom is 0.223 e. The van der Waals surface area contributed by atoms with E-state index in [4.69, 9.17) is 5.73 Å². The molecular formula is C23H30N2O. The standard InChI is InChI=1S/C23H30N2O/c24-21-14-13-20(17-21)23(26)25-22(15-11-18-7-3-1-4-8-18)16-12-19-9-5-2-6-10-19/h1-10,20-22H,11-17,24H2,(H,25,26). The SMILES string of the molecule is NC1CCC(C(=O)NC(CCc2ccccc2)CCc2ccccc2)C1. The molecule has 1 amide bonds. The molecule has 1 aliphatic carbocycles. The summed E-state index contributed by atoms with van der Waals surface area (Å²) in [5, 5.41) is 3.33. The fraction of sp³-hybridized carbons (Fsp3) is 0.435. The van der Waals surface area contributed by atoms with Gasteiger partial charge in [0.2, 0.25) is 5.91 Å². The van der Waals surface area contributed by atoms with Crippen molar-refractivity contribution in [3.8, 4) is 0 Å². The predicted molar refractivity (Wildman–Crippen MR) is 107 cm³/mol. The van der Waals surface area contributed by atoms with Crippen LogP contribution in [-0.4, -0.2) is 18.0 Å². The van der Waals surface area contributed by atoms with Crippen LogP contribution in [0.2, 0.25) is 0 Å². The highest BCUT2D eigenvalue weighted by Gasteiger charge is 2.28. The smallest absolute Gasteiger partial charge is 0.223 e. The molecule has 0 spiro atoms. The minimum Gasteiger partial charge on any atom is -0.353 e. The lowest BCUT2D eigenvalue weighted by Crippen LogP contribution is -2.39. The van der Waals surface area contributed by atoms with Gasteiger partial charge in [0.05, 0.1) is 0 Å². The molecule has 0 radical (unpaired) electrons. The van der Waals surface area contributed by atoms with Crippen LogP contribution >= 0.6 is 0 Å². The van der Waals surface area contributed by atoms with Crippen LogP contribution in [0.5, 0.6) is 0 Å². The molecule has 3 nitrogen and oxygen atoms in total. The molecule has 2 aromatic carbocycles.